The van der Waals surface area contributed by atoms with Crippen molar-refractivity contribution < 1.29 is 8.42 Å². The Bertz CT molecular complexity index is 1180. The second-order valence-electron chi connectivity index (χ2n) is 5.59. The number of benzene rings is 2. The molecule has 0 fully saturated rings. The fourth-order valence-corrected chi connectivity index (χ4v) is 5.15. The van der Waals surface area contributed by atoms with Crippen LogP contribution in [-0.4, -0.2) is 19.1 Å². The number of sulfonamides is 1. The lowest BCUT2D eigenvalue weighted by Gasteiger charge is -2.06. The Labute approximate surface area is 162 Å². The molecule has 1 aliphatic heterocycles. The molecule has 2 aromatic carbocycles. The van der Waals surface area contributed by atoms with Gasteiger partial charge in [-0.2, -0.15) is 18.1 Å². The first kappa shape index (κ1) is 17.1. The van der Waals surface area contributed by atoms with Gasteiger partial charge in [-0.15, -0.1) is 11.3 Å². The average molecular weight is 444 g/mol. The minimum Gasteiger partial charge on any atom is -0.239 e. The van der Waals surface area contributed by atoms with Gasteiger partial charge in [-0.1, -0.05) is 46.3 Å². The second-order valence-corrected chi connectivity index (χ2v) is 8.97. The largest absolute Gasteiger partial charge is 0.283 e. The number of nitriles is 1. The first-order valence-electron chi connectivity index (χ1n) is 7.55. The van der Waals surface area contributed by atoms with Gasteiger partial charge in [-0.25, -0.2) is 4.98 Å². The van der Waals surface area contributed by atoms with Crippen LogP contribution in [0.25, 0.3) is 11.3 Å². The van der Waals surface area contributed by atoms with Gasteiger partial charge in [-0.3, -0.25) is 0 Å². The Morgan fingerprint density at radius 1 is 1.12 bits per heavy atom. The first-order chi connectivity index (χ1) is 12.5. The lowest BCUT2D eigenvalue weighted by atomic mass is 9.98. The van der Waals surface area contributed by atoms with Crippen molar-refractivity contribution in [3.05, 3.63) is 69.0 Å². The van der Waals surface area contributed by atoms with Crippen LogP contribution in [-0.2, 0) is 10.0 Å². The lowest BCUT2D eigenvalue weighted by molar-refractivity contribution is 0.599. The van der Waals surface area contributed by atoms with Crippen molar-refractivity contribution in [3.8, 4) is 17.3 Å². The summed E-state index contributed by atoms with van der Waals surface area (Å²) in [6.07, 6.45) is 0. The molecule has 0 saturated heterocycles. The van der Waals surface area contributed by atoms with E-state index in [-0.39, 0.29) is 10.6 Å². The highest BCUT2D eigenvalue weighted by Gasteiger charge is 2.34. The number of hydrogen-bond acceptors (Lipinski definition) is 5. The van der Waals surface area contributed by atoms with Crippen molar-refractivity contribution in [1.82, 2.24) is 4.98 Å². The van der Waals surface area contributed by atoms with Crippen molar-refractivity contribution in [1.29, 1.82) is 5.26 Å². The number of nitrogens with zero attached hydrogens (tertiary/aromatic N) is 3. The molecular formula is C18H10BrN3O2S2. The molecule has 4 rings (SSSR count). The molecular weight excluding hydrogens is 434 g/mol. The predicted octanol–water partition coefficient (Wildman–Crippen LogP) is 4.37. The molecule has 2 heterocycles. The second kappa shape index (κ2) is 6.43. The summed E-state index contributed by atoms with van der Waals surface area (Å²) in [6.45, 7) is 0. The Kier molecular flexibility index (Phi) is 4.23. The molecule has 1 unspecified atom stereocenters. The highest BCUT2D eigenvalue weighted by molar-refractivity contribution is 9.10. The van der Waals surface area contributed by atoms with Crippen LogP contribution in [0, 0.1) is 11.3 Å². The van der Waals surface area contributed by atoms with E-state index in [9.17, 15) is 13.7 Å². The number of thiazole rings is 1. The summed E-state index contributed by atoms with van der Waals surface area (Å²) in [5, 5.41) is 12.1. The molecule has 128 valence electrons. The van der Waals surface area contributed by atoms with Crippen LogP contribution in [0.1, 0.15) is 16.5 Å². The highest BCUT2D eigenvalue weighted by atomic mass is 79.9. The smallest absolute Gasteiger partial charge is 0.239 e. The minimum atomic E-state index is -3.76. The van der Waals surface area contributed by atoms with Gasteiger partial charge in [0, 0.05) is 21.0 Å². The molecule has 0 N–H and O–H groups in total. The maximum Gasteiger partial charge on any atom is 0.283 e. The van der Waals surface area contributed by atoms with E-state index < -0.39 is 15.9 Å². The van der Waals surface area contributed by atoms with E-state index in [2.05, 4.69) is 31.4 Å². The van der Waals surface area contributed by atoms with Gasteiger partial charge in [0.1, 0.15) is 10.9 Å². The molecule has 26 heavy (non-hydrogen) atoms. The van der Waals surface area contributed by atoms with Gasteiger partial charge in [0.2, 0.25) is 0 Å². The van der Waals surface area contributed by atoms with Crippen molar-refractivity contribution in [2.24, 2.45) is 4.40 Å². The van der Waals surface area contributed by atoms with Crippen molar-refractivity contribution in [3.63, 3.8) is 0 Å². The SMILES string of the molecule is N#CC(C1=NS(=O)(=O)c2ccccc21)c1nc(-c2ccc(Br)cc2)cs1. The molecule has 1 aromatic heterocycles. The average Bonchev–Trinajstić information content (AvgIpc) is 3.21. The van der Waals surface area contributed by atoms with Crippen LogP contribution >= 0.6 is 27.3 Å². The lowest BCUT2D eigenvalue weighted by Crippen LogP contribution is -2.10. The summed E-state index contributed by atoms with van der Waals surface area (Å²) in [4.78, 5) is 4.69. The molecule has 1 atom stereocenters. The van der Waals surface area contributed by atoms with E-state index in [4.69, 9.17) is 0 Å². The van der Waals surface area contributed by atoms with Crippen molar-refractivity contribution in [2.45, 2.75) is 10.8 Å². The summed E-state index contributed by atoms with van der Waals surface area (Å²) in [5.41, 5.74) is 2.38. The van der Waals surface area contributed by atoms with Crippen LogP contribution in [0.5, 0.6) is 0 Å². The zero-order valence-electron chi connectivity index (χ0n) is 13.1. The fourth-order valence-electron chi connectivity index (χ4n) is 2.75. The van der Waals surface area contributed by atoms with Gasteiger partial charge in [0.15, 0.2) is 0 Å². The number of rotatable bonds is 3. The van der Waals surface area contributed by atoms with E-state index in [1.54, 1.807) is 18.2 Å². The zero-order chi connectivity index (χ0) is 18.3. The van der Waals surface area contributed by atoms with Gasteiger partial charge < -0.3 is 0 Å². The van der Waals surface area contributed by atoms with Gasteiger partial charge in [0.25, 0.3) is 10.0 Å². The molecule has 0 aliphatic carbocycles. The van der Waals surface area contributed by atoms with E-state index in [0.717, 1.165) is 15.7 Å². The van der Waals surface area contributed by atoms with Gasteiger partial charge >= 0.3 is 0 Å². The van der Waals surface area contributed by atoms with Crippen molar-refractivity contribution >= 4 is 43.0 Å². The van der Waals surface area contributed by atoms with Crippen LogP contribution in [0.4, 0.5) is 0 Å². The van der Waals surface area contributed by atoms with E-state index in [1.165, 1.54) is 17.4 Å². The molecule has 0 saturated carbocycles. The third-order valence-electron chi connectivity index (χ3n) is 3.97. The number of aromatic nitrogens is 1. The number of fused-ring (bicyclic) bond motifs is 1. The molecule has 0 radical (unpaired) electrons. The molecule has 5 nitrogen and oxygen atoms in total. The van der Waals surface area contributed by atoms with Crippen LogP contribution in [0.15, 0.2) is 67.7 Å². The summed E-state index contributed by atoms with van der Waals surface area (Å²) in [6, 6.07) is 16.4. The number of halogens is 1. The van der Waals surface area contributed by atoms with Crippen LogP contribution < -0.4 is 0 Å². The summed E-state index contributed by atoms with van der Waals surface area (Å²) >= 11 is 4.72. The topological polar surface area (TPSA) is 83.2 Å². The third-order valence-corrected chi connectivity index (χ3v) is 6.76. The maximum absolute atomic E-state index is 12.3. The Morgan fingerprint density at radius 2 is 1.85 bits per heavy atom. The van der Waals surface area contributed by atoms with Crippen LogP contribution in [0.3, 0.4) is 0 Å². The van der Waals surface area contributed by atoms with Gasteiger partial charge in [0.05, 0.1) is 22.4 Å². The van der Waals surface area contributed by atoms with E-state index in [1.807, 2.05) is 29.6 Å². The van der Waals surface area contributed by atoms with Gasteiger partial charge in [-0.05, 0) is 18.2 Å². The first-order valence-corrected chi connectivity index (χ1v) is 10.7. The van der Waals surface area contributed by atoms with E-state index >= 15 is 0 Å². The summed E-state index contributed by atoms with van der Waals surface area (Å²) in [7, 11) is -3.76. The Morgan fingerprint density at radius 3 is 2.58 bits per heavy atom. The standard InChI is InChI=1S/C18H10BrN3O2S2/c19-12-7-5-11(6-8-12)15-10-25-18(21-15)14(9-20)17-13-3-1-2-4-16(13)26(23,24)22-17/h1-8,10,14H. The van der Waals surface area contributed by atoms with E-state index in [0.29, 0.717) is 10.6 Å². The Balaban J connectivity index is 1.76. The normalized spacial score (nSPS) is 15.8. The highest BCUT2D eigenvalue weighted by Crippen LogP contribution is 2.35. The number of hydrogen-bond donors (Lipinski definition) is 0. The molecule has 0 amide bonds. The quantitative estimate of drug-likeness (QED) is 0.601. The minimum absolute atomic E-state index is 0.139. The maximum atomic E-state index is 12.3. The molecule has 0 bridgehead atoms. The van der Waals surface area contributed by atoms with Crippen molar-refractivity contribution in [2.75, 3.05) is 0 Å². The summed E-state index contributed by atoms with van der Waals surface area (Å²) in [5.74, 6) is -0.831. The molecule has 1 aliphatic rings. The summed E-state index contributed by atoms with van der Waals surface area (Å²) < 4.78 is 29.3. The zero-order valence-corrected chi connectivity index (χ0v) is 16.3. The predicted molar refractivity (Wildman–Crippen MR) is 104 cm³/mol. The molecule has 0 spiro atoms. The monoisotopic (exact) mass is 443 g/mol. The molecule has 3 aromatic rings. The Hall–Kier alpha value is -2.34. The van der Waals surface area contributed by atoms with Crippen LogP contribution in [0.2, 0.25) is 0 Å². The molecule has 8 heteroatoms. The third kappa shape index (κ3) is 2.88. The fraction of sp³-hybridized carbons (Fsp3) is 0.0556.